The summed E-state index contributed by atoms with van der Waals surface area (Å²) in [7, 11) is 0. The van der Waals surface area contributed by atoms with Gasteiger partial charge in [-0.1, -0.05) is 23.4 Å². The summed E-state index contributed by atoms with van der Waals surface area (Å²) < 4.78 is 18.3. The number of hydrogen-bond acceptors (Lipinski definition) is 4. The summed E-state index contributed by atoms with van der Waals surface area (Å²) >= 11 is 0. The lowest BCUT2D eigenvalue weighted by atomic mass is 10.1. The van der Waals surface area contributed by atoms with Crippen LogP contribution >= 0.6 is 0 Å². The van der Waals surface area contributed by atoms with Crippen molar-refractivity contribution in [2.45, 2.75) is 19.4 Å². The Morgan fingerprint density at radius 2 is 2.19 bits per heavy atom. The van der Waals surface area contributed by atoms with Crippen LogP contribution in [-0.4, -0.2) is 10.1 Å². The number of nitrogens with two attached hydrogens (primary N) is 1. The van der Waals surface area contributed by atoms with E-state index in [2.05, 4.69) is 10.1 Å². The topological polar surface area (TPSA) is 64.9 Å². The summed E-state index contributed by atoms with van der Waals surface area (Å²) in [4.78, 5) is 4.08. The van der Waals surface area contributed by atoms with Crippen molar-refractivity contribution in [2.75, 3.05) is 0 Å². The lowest BCUT2D eigenvalue weighted by Crippen LogP contribution is -2.05. The summed E-state index contributed by atoms with van der Waals surface area (Å²) in [5.41, 5.74) is 6.12. The second-order valence-electron chi connectivity index (χ2n) is 3.61. The Kier molecular flexibility index (Phi) is 2.96. The molecule has 0 spiro atoms. The molecule has 5 heteroatoms. The van der Waals surface area contributed by atoms with Crippen LogP contribution in [0.3, 0.4) is 0 Å². The Morgan fingerprint density at radius 3 is 2.81 bits per heavy atom. The standard InChI is InChI=1S/C11H12FN3O/c1-7(13)11-14-10(15-16-11)6-8-4-2-3-5-9(8)12/h2-5,7H,6,13H2,1H3/t7-/m1/s1. The Hall–Kier alpha value is -1.75. The molecule has 2 rings (SSSR count). The molecular formula is C11H12FN3O. The van der Waals surface area contributed by atoms with Crippen LogP contribution in [-0.2, 0) is 6.42 Å². The molecule has 1 aromatic heterocycles. The number of hydrogen-bond donors (Lipinski definition) is 1. The van der Waals surface area contributed by atoms with E-state index >= 15 is 0 Å². The zero-order valence-electron chi connectivity index (χ0n) is 8.85. The van der Waals surface area contributed by atoms with E-state index in [1.807, 2.05) is 0 Å². The predicted octanol–water partition coefficient (Wildman–Crippen LogP) is 1.82. The van der Waals surface area contributed by atoms with E-state index in [0.29, 0.717) is 23.7 Å². The molecule has 1 heterocycles. The van der Waals surface area contributed by atoms with E-state index in [0.717, 1.165) is 0 Å². The van der Waals surface area contributed by atoms with Crippen molar-refractivity contribution < 1.29 is 8.91 Å². The van der Waals surface area contributed by atoms with Gasteiger partial charge < -0.3 is 10.3 Å². The van der Waals surface area contributed by atoms with Crippen molar-refractivity contribution in [2.24, 2.45) is 5.73 Å². The summed E-state index contributed by atoms with van der Waals surface area (Å²) in [6, 6.07) is 6.20. The quantitative estimate of drug-likeness (QED) is 0.858. The maximum atomic E-state index is 13.3. The molecule has 0 saturated heterocycles. The average molecular weight is 221 g/mol. The molecule has 0 aliphatic carbocycles. The van der Waals surface area contributed by atoms with Crippen LogP contribution < -0.4 is 5.73 Å². The van der Waals surface area contributed by atoms with Crippen LogP contribution in [0.25, 0.3) is 0 Å². The highest BCUT2D eigenvalue weighted by molar-refractivity contribution is 5.20. The fourth-order valence-corrected chi connectivity index (χ4v) is 1.34. The summed E-state index contributed by atoms with van der Waals surface area (Å²) in [5, 5.41) is 3.74. The molecule has 1 aromatic carbocycles. The molecule has 0 saturated carbocycles. The van der Waals surface area contributed by atoms with Crippen molar-refractivity contribution in [1.29, 1.82) is 0 Å². The van der Waals surface area contributed by atoms with Crippen molar-refractivity contribution >= 4 is 0 Å². The molecule has 0 unspecified atom stereocenters. The third-order valence-electron chi connectivity index (χ3n) is 2.18. The average Bonchev–Trinajstić information content (AvgIpc) is 2.70. The molecule has 0 aliphatic heterocycles. The summed E-state index contributed by atoms with van der Waals surface area (Å²) in [5.74, 6) is 0.540. The van der Waals surface area contributed by atoms with E-state index in [9.17, 15) is 4.39 Å². The van der Waals surface area contributed by atoms with E-state index in [1.54, 1.807) is 25.1 Å². The minimum absolute atomic E-state index is 0.269. The van der Waals surface area contributed by atoms with Crippen LogP contribution in [0.1, 0.15) is 30.2 Å². The van der Waals surface area contributed by atoms with Crippen molar-refractivity contribution in [3.8, 4) is 0 Å². The number of halogens is 1. The highest BCUT2D eigenvalue weighted by Gasteiger charge is 2.11. The maximum absolute atomic E-state index is 13.3. The highest BCUT2D eigenvalue weighted by Crippen LogP contribution is 2.12. The van der Waals surface area contributed by atoms with Crippen LogP contribution in [0.5, 0.6) is 0 Å². The Morgan fingerprint density at radius 1 is 1.44 bits per heavy atom. The van der Waals surface area contributed by atoms with Gasteiger partial charge >= 0.3 is 0 Å². The van der Waals surface area contributed by atoms with E-state index in [4.69, 9.17) is 10.3 Å². The molecule has 1 atom stereocenters. The number of benzene rings is 1. The van der Waals surface area contributed by atoms with Gasteiger partial charge in [-0.25, -0.2) is 4.39 Å². The maximum Gasteiger partial charge on any atom is 0.243 e. The van der Waals surface area contributed by atoms with Crippen LogP contribution in [0.4, 0.5) is 4.39 Å². The first kappa shape index (κ1) is 10.8. The molecule has 0 radical (unpaired) electrons. The van der Waals surface area contributed by atoms with Gasteiger partial charge in [0.1, 0.15) is 5.82 Å². The van der Waals surface area contributed by atoms with Gasteiger partial charge in [-0.05, 0) is 18.6 Å². The predicted molar refractivity (Wildman–Crippen MR) is 56.1 cm³/mol. The smallest absolute Gasteiger partial charge is 0.243 e. The van der Waals surface area contributed by atoms with Gasteiger partial charge in [-0.15, -0.1) is 0 Å². The molecule has 4 nitrogen and oxygen atoms in total. The fraction of sp³-hybridized carbons (Fsp3) is 0.273. The number of nitrogens with zero attached hydrogens (tertiary/aromatic N) is 2. The third kappa shape index (κ3) is 2.25. The zero-order valence-corrected chi connectivity index (χ0v) is 8.85. The SMILES string of the molecule is C[C@@H](N)c1nc(Cc2ccccc2F)no1. The summed E-state index contributed by atoms with van der Waals surface area (Å²) in [6.07, 6.45) is 0.308. The van der Waals surface area contributed by atoms with Gasteiger partial charge in [0, 0.05) is 6.42 Å². The van der Waals surface area contributed by atoms with Crippen molar-refractivity contribution in [3.05, 3.63) is 47.4 Å². The first-order valence-corrected chi connectivity index (χ1v) is 4.98. The number of rotatable bonds is 3. The largest absolute Gasteiger partial charge is 0.338 e. The van der Waals surface area contributed by atoms with Crippen LogP contribution in [0.15, 0.2) is 28.8 Å². The first-order chi connectivity index (χ1) is 7.66. The van der Waals surface area contributed by atoms with Gasteiger partial charge in [0.05, 0.1) is 6.04 Å². The lowest BCUT2D eigenvalue weighted by Gasteiger charge is -1.97. The van der Waals surface area contributed by atoms with Gasteiger partial charge in [0.2, 0.25) is 5.89 Å². The molecule has 0 aliphatic rings. The van der Waals surface area contributed by atoms with Gasteiger partial charge in [-0.3, -0.25) is 0 Å². The Bertz CT molecular complexity index is 482. The highest BCUT2D eigenvalue weighted by atomic mass is 19.1. The minimum atomic E-state index is -0.304. The molecule has 0 amide bonds. The van der Waals surface area contributed by atoms with Crippen LogP contribution in [0.2, 0.25) is 0 Å². The normalized spacial score (nSPS) is 12.7. The lowest BCUT2D eigenvalue weighted by molar-refractivity contribution is 0.357. The van der Waals surface area contributed by atoms with Crippen LogP contribution in [0, 0.1) is 5.82 Å². The molecule has 84 valence electrons. The Balaban J connectivity index is 2.18. The molecule has 2 aromatic rings. The first-order valence-electron chi connectivity index (χ1n) is 4.98. The Labute approximate surface area is 92.3 Å². The monoisotopic (exact) mass is 221 g/mol. The van der Waals surface area contributed by atoms with Crippen molar-refractivity contribution in [3.63, 3.8) is 0 Å². The second-order valence-corrected chi connectivity index (χ2v) is 3.61. The molecular weight excluding hydrogens is 209 g/mol. The molecule has 0 fully saturated rings. The van der Waals surface area contributed by atoms with Gasteiger partial charge in [0.15, 0.2) is 5.82 Å². The molecule has 16 heavy (non-hydrogen) atoms. The zero-order chi connectivity index (χ0) is 11.5. The minimum Gasteiger partial charge on any atom is -0.338 e. The van der Waals surface area contributed by atoms with E-state index in [-0.39, 0.29) is 11.9 Å². The van der Waals surface area contributed by atoms with E-state index < -0.39 is 0 Å². The fourth-order valence-electron chi connectivity index (χ4n) is 1.34. The molecule has 2 N–H and O–H groups in total. The van der Waals surface area contributed by atoms with Gasteiger partial charge in [0.25, 0.3) is 0 Å². The second kappa shape index (κ2) is 4.40. The third-order valence-corrected chi connectivity index (χ3v) is 2.18. The number of aromatic nitrogens is 2. The summed E-state index contributed by atoms with van der Waals surface area (Å²) in [6.45, 7) is 1.75. The van der Waals surface area contributed by atoms with E-state index in [1.165, 1.54) is 6.07 Å². The van der Waals surface area contributed by atoms with Crippen molar-refractivity contribution in [1.82, 2.24) is 10.1 Å². The van der Waals surface area contributed by atoms with Gasteiger partial charge in [-0.2, -0.15) is 4.98 Å². The molecule has 0 bridgehead atoms.